The molecule has 1 aliphatic rings. The number of nitrogens with zero attached hydrogens (tertiary/aromatic N) is 1. The van der Waals surface area contributed by atoms with E-state index >= 15 is 0 Å². The number of nitrogens with two attached hydrogens (primary N) is 1. The molecule has 0 unspecified atom stereocenters. The van der Waals surface area contributed by atoms with Crippen molar-refractivity contribution in [3.8, 4) is 0 Å². The van der Waals surface area contributed by atoms with Crippen LogP contribution in [0, 0.1) is 5.92 Å². The lowest BCUT2D eigenvalue weighted by atomic mass is 9.92. The van der Waals surface area contributed by atoms with Crippen molar-refractivity contribution in [2.75, 3.05) is 6.54 Å². The van der Waals surface area contributed by atoms with Gasteiger partial charge in [0.05, 0.1) is 12.3 Å². The van der Waals surface area contributed by atoms with Crippen molar-refractivity contribution in [3.63, 3.8) is 0 Å². The van der Waals surface area contributed by atoms with Gasteiger partial charge in [0.15, 0.2) is 0 Å². The molecule has 0 aliphatic carbocycles. The van der Waals surface area contributed by atoms with Crippen LogP contribution in [0.2, 0.25) is 0 Å². The molecule has 2 aromatic rings. The van der Waals surface area contributed by atoms with Crippen molar-refractivity contribution in [1.82, 2.24) is 4.90 Å². The molecule has 2 atom stereocenters. The predicted octanol–water partition coefficient (Wildman–Crippen LogP) is 2.49. The van der Waals surface area contributed by atoms with Gasteiger partial charge in [-0.05, 0) is 36.1 Å². The summed E-state index contributed by atoms with van der Waals surface area (Å²) < 4.78 is 0. The lowest BCUT2D eigenvalue weighted by Gasteiger charge is -2.37. The molecule has 0 radical (unpaired) electrons. The van der Waals surface area contributed by atoms with Crippen molar-refractivity contribution in [2.45, 2.75) is 32.2 Å². The van der Waals surface area contributed by atoms with Crippen LogP contribution in [0.15, 0.2) is 42.5 Å². The van der Waals surface area contributed by atoms with Gasteiger partial charge in [0.1, 0.15) is 0 Å². The number of rotatable bonds is 3. The minimum Gasteiger partial charge on any atom is -0.369 e. The highest BCUT2D eigenvalue weighted by Crippen LogP contribution is 2.24. The molecular weight excluding hydrogens is 288 g/mol. The number of hydrogen-bond donors (Lipinski definition) is 1. The maximum Gasteiger partial charge on any atom is 0.227 e. The maximum atomic E-state index is 12.8. The average molecular weight is 310 g/mol. The molecule has 0 aromatic heterocycles. The lowest BCUT2D eigenvalue weighted by Crippen LogP contribution is -2.49. The van der Waals surface area contributed by atoms with Gasteiger partial charge < -0.3 is 10.6 Å². The van der Waals surface area contributed by atoms with Crippen molar-refractivity contribution < 1.29 is 9.59 Å². The summed E-state index contributed by atoms with van der Waals surface area (Å²) in [6.45, 7) is 2.48. The highest BCUT2D eigenvalue weighted by Gasteiger charge is 2.31. The van der Waals surface area contributed by atoms with E-state index in [4.69, 9.17) is 5.73 Å². The van der Waals surface area contributed by atoms with Gasteiger partial charge in [-0.1, -0.05) is 42.5 Å². The molecule has 0 spiro atoms. The number of amides is 2. The summed E-state index contributed by atoms with van der Waals surface area (Å²) in [6, 6.07) is 14.3. The summed E-state index contributed by atoms with van der Waals surface area (Å²) in [5.74, 6) is -0.456. The predicted molar refractivity (Wildman–Crippen MR) is 90.7 cm³/mol. The van der Waals surface area contributed by atoms with E-state index in [1.807, 2.05) is 42.2 Å². The van der Waals surface area contributed by atoms with Gasteiger partial charge in [-0.25, -0.2) is 0 Å². The van der Waals surface area contributed by atoms with E-state index in [1.165, 1.54) is 0 Å². The molecule has 3 rings (SSSR count). The van der Waals surface area contributed by atoms with Crippen molar-refractivity contribution in [2.24, 2.45) is 11.7 Å². The molecule has 23 heavy (non-hydrogen) atoms. The van der Waals surface area contributed by atoms with E-state index in [-0.39, 0.29) is 23.8 Å². The Morgan fingerprint density at radius 1 is 1.13 bits per heavy atom. The first kappa shape index (κ1) is 15.5. The SMILES string of the molecule is C[C@@H]1CC[C@@H](C(N)=O)CN1C(=O)Cc1cccc2ccccc12. The Morgan fingerprint density at radius 2 is 1.87 bits per heavy atom. The largest absolute Gasteiger partial charge is 0.369 e. The number of likely N-dealkylation sites (tertiary alicyclic amines) is 1. The third-order valence-corrected chi connectivity index (χ3v) is 4.83. The summed E-state index contributed by atoms with van der Waals surface area (Å²) in [5.41, 5.74) is 6.45. The van der Waals surface area contributed by atoms with Gasteiger partial charge in [0.25, 0.3) is 0 Å². The van der Waals surface area contributed by atoms with E-state index < -0.39 is 0 Å². The third-order valence-electron chi connectivity index (χ3n) is 4.83. The summed E-state index contributed by atoms with van der Waals surface area (Å²) in [7, 11) is 0. The van der Waals surface area contributed by atoms with Crippen LogP contribution in [-0.2, 0) is 16.0 Å². The monoisotopic (exact) mass is 310 g/mol. The maximum absolute atomic E-state index is 12.8. The molecule has 2 N–H and O–H groups in total. The molecule has 0 bridgehead atoms. The number of carbonyl (C=O) groups excluding carboxylic acids is 2. The summed E-state index contributed by atoms with van der Waals surface area (Å²) in [6.07, 6.45) is 1.96. The van der Waals surface area contributed by atoms with Crippen LogP contribution in [0.4, 0.5) is 0 Å². The van der Waals surface area contributed by atoms with E-state index in [9.17, 15) is 9.59 Å². The second-order valence-electron chi connectivity index (χ2n) is 6.39. The van der Waals surface area contributed by atoms with Gasteiger partial charge in [-0.15, -0.1) is 0 Å². The number of benzene rings is 2. The van der Waals surface area contributed by atoms with Crippen LogP contribution in [0.3, 0.4) is 0 Å². The first-order chi connectivity index (χ1) is 11.1. The second-order valence-corrected chi connectivity index (χ2v) is 6.39. The second kappa shape index (κ2) is 6.41. The van der Waals surface area contributed by atoms with E-state index in [2.05, 4.69) is 12.1 Å². The first-order valence-electron chi connectivity index (χ1n) is 8.11. The highest BCUT2D eigenvalue weighted by molar-refractivity contribution is 5.90. The van der Waals surface area contributed by atoms with Crippen LogP contribution in [0.1, 0.15) is 25.3 Å². The van der Waals surface area contributed by atoms with Gasteiger partial charge in [0, 0.05) is 12.6 Å². The highest BCUT2D eigenvalue weighted by atomic mass is 16.2. The molecule has 2 amide bonds. The van der Waals surface area contributed by atoms with E-state index in [0.717, 1.165) is 29.2 Å². The Balaban J connectivity index is 1.81. The fraction of sp³-hybridized carbons (Fsp3) is 0.368. The van der Waals surface area contributed by atoms with Gasteiger partial charge in [0.2, 0.25) is 11.8 Å². The Hall–Kier alpha value is -2.36. The van der Waals surface area contributed by atoms with Crippen LogP contribution in [0.25, 0.3) is 10.8 Å². The standard InChI is InChI=1S/C19H22N2O2/c1-13-9-10-16(19(20)23)12-21(13)18(22)11-15-7-4-6-14-5-2-3-8-17(14)15/h2-8,13,16H,9-12H2,1H3,(H2,20,23)/t13-,16-/m1/s1. The van der Waals surface area contributed by atoms with Crippen molar-refractivity contribution in [3.05, 3.63) is 48.0 Å². The summed E-state index contributed by atoms with van der Waals surface area (Å²) >= 11 is 0. The smallest absolute Gasteiger partial charge is 0.227 e. The van der Waals surface area contributed by atoms with Crippen LogP contribution < -0.4 is 5.73 Å². The Kier molecular flexibility index (Phi) is 4.33. The molecule has 1 fully saturated rings. The molecule has 120 valence electrons. The van der Waals surface area contributed by atoms with Crippen LogP contribution >= 0.6 is 0 Å². The number of primary amides is 1. The van der Waals surface area contributed by atoms with Gasteiger partial charge in [-0.2, -0.15) is 0 Å². The normalized spacial score (nSPS) is 21.3. The average Bonchev–Trinajstić information content (AvgIpc) is 2.55. The molecule has 2 aromatic carbocycles. The molecule has 4 heteroatoms. The molecule has 0 saturated carbocycles. The topological polar surface area (TPSA) is 63.4 Å². The fourth-order valence-electron chi connectivity index (χ4n) is 3.40. The van der Waals surface area contributed by atoms with Gasteiger partial charge in [-0.3, -0.25) is 9.59 Å². The summed E-state index contributed by atoms with van der Waals surface area (Å²) in [5, 5.41) is 2.25. The molecular formula is C19H22N2O2. The first-order valence-corrected chi connectivity index (χ1v) is 8.11. The Morgan fingerprint density at radius 3 is 2.65 bits per heavy atom. The third kappa shape index (κ3) is 3.21. The number of piperidine rings is 1. The Labute approximate surface area is 136 Å². The minimum absolute atomic E-state index is 0.0693. The van der Waals surface area contributed by atoms with Crippen molar-refractivity contribution >= 4 is 22.6 Å². The molecule has 1 heterocycles. The molecule has 1 aliphatic heterocycles. The quantitative estimate of drug-likeness (QED) is 0.946. The number of carbonyl (C=O) groups is 2. The van der Waals surface area contributed by atoms with Crippen LogP contribution in [0.5, 0.6) is 0 Å². The van der Waals surface area contributed by atoms with Crippen LogP contribution in [-0.4, -0.2) is 29.3 Å². The zero-order valence-electron chi connectivity index (χ0n) is 13.4. The van der Waals surface area contributed by atoms with Gasteiger partial charge >= 0.3 is 0 Å². The number of hydrogen-bond acceptors (Lipinski definition) is 2. The summed E-state index contributed by atoms with van der Waals surface area (Å²) in [4.78, 5) is 26.0. The van der Waals surface area contributed by atoms with E-state index in [0.29, 0.717) is 13.0 Å². The zero-order chi connectivity index (χ0) is 16.4. The van der Waals surface area contributed by atoms with Crippen molar-refractivity contribution in [1.29, 1.82) is 0 Å². The zero-order valence-corrected chi connectivity index (χ0v) is 13.4. The minimum atomic E-state index is -0.306. The van der Waals surface area contributed by atoms with E-state index in [1.54, 1.807) is 0 Å². The Bertz CT molecular complexity index is 736. The lowest BCUT2D eigenvalue weighted by molar-refractivity contribution is -0.136. The number of fused-ring (bicyclic) bond motifs is 1. The molecule has 4 nitrogen and oxygen atoms in total. The molecule has 1 saturated heterocycles. The fourth-order valence-corrected chi connectivity index (χ4v) is 3.40.